The van der Waals surface area contributed by atoms with E-state index in [9.17, 15) is 13.2 Å². The zero-order valence-corrected chi connectivity index (χ0v) is 14.5. The van der Waals surface area contributed by atoms with Crippen molar-refractivity contribution < 1.29 is 27.1 Å². The number of hydrogen-bond donors (Lipinski definition) is 2. The molecule has 0 radical (unpaired) electrons. The van der Waals surface area contributed by atoms with Gasteiger partial charge in [-0.2, -0.15) is 8.42 Å². The minimum atomic E-state index is -4.02. The van der Waals surface area contributed by atoms with Crippen LogP contribution < -0.4 is 19.5 Å². The van der Waals surface area contributed by atoms with Gasteiger partial charge in [0.15, 0.2) is 17.3 Å². The Morgan fingerprint density at radius 3 is 2.70 bits per heavy atom. The topological polar surface area (TPSA) is 120 Å². The lowest BCUT2D eigenvalue weighted by atomic mass is 10.3. The Morgan fingerprint density at radius 2 is 1.89 bits per heavy atom. The molecule has 0 unspecified atom stereocenters. The van der Waals surface area contributed by atoms with Gasteiger partial charge in [0.05, 0.1) is 5.69 Å². The first-order chi connectivity index (χ1) is 13.0. The van der Waals surface area contributed by atoms with E-state index in [1.165, 1.54) is 30.5 Å². The van der Waals surface area contributed by atoms with Gasteiger partial charge in [0.1, 0.15) is 5.82 Å². The Bertz CT molecular complexity index is 1090. The highest BCUT2D eigenvalue weighted by atomic mass is 32.2. The van der Waals surface area contributed by atoms with Crippen molar-refractivity contribution in [3.05, 3.63) is 60.5 Å². The number of nitrogens with zero attached hydrogens (tertiary/aromatic N) is 1. The van der Waals surface area contributed by atoms with E-state index in [0.717, 1.165) is 0 Å². The zero-order valence-electron chi connectivity index (χ0n) is 13.7. The minimum absolute atomic E-state index is 0.0818. The van der Waals surface area contributed by atoms with Crippen molar-refractivity contribution in [2.24, 2.45) is 0 Å². The van der Waals surface area contributed by atoms with Gasteiger partial charge in [-0.3, -0.25) is 9.52 Å². The third-order valence-corrected chi connectivity index (χ3v) is 4.85. The van der Waals surface area contributed by atoms with Gasteiger partial charge in [-0.1, -0.05) is 6.07 Å². The fourth-order valence-corrected chi connectivity index (χ4v) is 3.35. The normalized spacial score (nSPS) is 12.6. The molecule has 2 N–H and O–H groups in total. The first-order valence-corrected chi connectivity index (χ1v) is 9.24. The molecule has 3 heterocycles. The molecule has 4 rings (SSSR count). The van der Waals surface area contributed by atoms with Gasteiger partial charge in [-0.25, -0.2) is 4.98 Å². The molecular weight excluding hydrogens is 374 g/mol. The maximum atomic E-state index is 12.5. The summed E-state index contributed by atoms with van der Waals surface area (Å²) in [6.07, 6.45) is 1.52. The van der Waals surface area contributed by atoms with E-state index in [1.54, 1.807) is 24.3 Å². The molecule has 0 saturated heterocycles. The monoisotopic (exact) mass is 387 g/mol. The third kappa shape index (κ3) is 3.55. The molecule has 1 aliphatic rings. The molecule has 1 aliphatic heterocycles. The number of ether oxygens (including phenoxy) is 2. The number of amides is 1. The standard InChI is InChI=1S/C17H13N3O6S/c21-17(19-15-3-1-2-8-18-15)13-6-7-16(26-13)27(22,23)20-11-4-5-12-14(9-11)25-10-24-12/h1-9,20H,10H2,(H,18,19,21). The van der Waals surface area contributed by atoms with E-state index in [0.29, 0.717) is 17.3 Å². The first kappa shape index (κ1) is 16.9. The van der Waals surface area contributed by atoms with Gasteiger partial charge < -0.3 is 19.2 Å². The number of carbonyl (C=O) groups is 1. The molecule has 0 atom stereocenters. The van der Waals surface area contributed by atoms with E-state index in [4.69, 9.17) is 13.9 Å². The lowest BCUT2D eigenvalue weighted by Gasteiger charge is -2.06. The smallest absolute Gasteiger partial charge is 0.295 e. The number of aromatic nitrogens is 1. The summed E-state index contributed by atoms with van der Waals surface area (Å²) in [5.74, 6) is 0.515. The molecule has 3 aromatic rings. The maximum Gasteiger partial charge on any atom is 0.295 e. The predicted molar refractivity (Wildman–Crippen MR) is 94.3 cm³/mol. The fourth-order valence-electron chi connectivity index (χ4n) is 2.37. The molecule has 27 heavy (non-hydrogen) atoms. The number of rotatable bonds is 5. The molecule has 0 bridgehead atoms. The Morgan fingerprint density at radius 1 is 1.04 bits per heavy atom. The van der Waals surface area contributed by atoms with Crippen LogP contribution in [0.25, 0.3) is 0 Å². The Hall–Kier alpha value is -3.53. The fraction of sp³-hybridized carbons (Fsp3) is 0.0588. The van der Waals surface area contributed by atoms with Crippen LogP contribution in [0.5, 0.6) is 11.5 Å². The van der Waals surface area contributed by atoms with Crippen LogP contribution in [0, 0.1) is 0 Å². The largest absolute Gasteiger partial charge is 0.454 e. The van der Waals surface area contributed by atoms with Gasteiger partial charge in [0, 0.05) is 12.3 Å². The van der Waals surface area contributed by atoms with Gasteiger partial charge in [0.25, 0.3) is 15.9 Å². The summed E-state index contributed by atoms with van der Waals surface area (Å²) in [6.45, 7) is 0.0818. The van der Waals surface area contributed by atoms with Crippen molar-refractivity contribution in [3.8, 4) is 11.5 Å². The van der Waals surface area contributed by atoms with Gasteiger partial charge >= 0.3 is 0 Å². The molecule has 10 heteroatoms. The molecule has 1 amide bonds. The predicted octanol–water partition coefficient (Wildman–Crippen LogP) is 2.46. The highest BCUT2D eigenvalue weighted by Crippen LogP contribution is 2.34. The average Bonchev–Trinajstić information content (AvgIpc) is 3.32. The number of carbonyl (C=O) groups excluding carboxylic acids is 1. The molecule has 0 fully saturated rings. The van der Waals surface area contributed by atoms with Crippen molar-refractivity contribution in [2.45, 2.75) is 5.09 Å². The molecule has 0 spiro atoms. The Kier molecular flexibility index (Phi) is 4.16. The second kappa shape index (κ2) is 6.65. The molecule has 138 valence electrons. The number of hydrogen-bond acceptors (Lipinski definition) is 7. The van der Waals surface area contributed by atoms with Crippen molar-refractivity contribution in [1.82, 2.24) is 4.98 Å². The van der Waals surface area contributed by atoms with Crippen LogP contribution in [0.15, 0.2) is 64.2 Å². The highest BCUT2D eigenvalue weighted by Gasteiger charge is 2.23. The van der Waals surface area contributed by atoms with Gasteiger partial charge in [0.2, 0.25) is 11.9 Å². The summed E-state index contributed by atoms with van der Waals surface area (Å²) < 4.78 is 42.9. The third-order valence-electron chi connectivity index (χ3n) is 3.60. The summed E-state index contributed by atoms with van der Waals surface area (Å²) in [6, 6.07) is 12.1. The first-order valence-electron chi connectivity index (χ1n) is 7.76. The molecular formula is C17H13N3O6S. The summed E-state index contributed by atoms with van der Waals surface area (Å²) in [7, 11) is -4.02. The molecule has 1 aromatic carbocycles. The summed E-state index contributed by atoms with van der Waals surface area (Å²) in [5.41, 5.74) is 0.273. The number of fused-ring (bicyclic) bond motifs is 1. The van der Waals surface area contributed by atoms with Crippen molar-refractivity contribution in [3.63, 3.8) is 0 Å². The number of sulfonamides is 1. The Labute approximate surface area is 154 Å². The summed E-state index contributed by atoms with van der Waals surface area (Å²) in [5, 5.41) is 2.11. The Balaban J connectivity index is 1.50. The van der Waals surface area contributed by atoms with E-state index in [2.05, 4.69) is 15.0 Å². The number of nitrogens with one attached hydrogen (secondary N) is 2. The quantitative estimate of drug-likeness (QED) is 0.690. The van der Waals surface area contributed by atoms with Crippen molar-refractivity contribution in [1.29, 1.82) is 0 Å². The number of pyridine rings is 1. The SMILES string of the molecule is O=C(Nc1ccccn1)c1ccc(S(=O)(=O)Nc2ccc3c(c2)OCO3)o1. The van der Waals surface area contributed by atoms with Crippen molar-refractivity contribution >= 4 is 27.4 Å². The minimum Gasteiger partial charge on any atom is -0.454 e. The summed E-state index contributed by atoms with van der Waals surface area (Å²) in [4.78, 5) is 16.1. The van der Waals surface area contributed by atoms with Crippen LogP contribution >= 0.6 is 0 Å². The zero-order chi connectivity index (χ0) is 18.9. The average molecular weight is 387 g/mol. The van der Waals surface area contributed by atoms with Crippen LogP contribution in [0.4, 0.5) is 11.5 Å². The van der Waals surface area contributed by atoms with E-state index in [-0.39, 0.29) is 18.2 Å². The molecule has 0 aliphatic carbocycles. The van der Waals surface area contributed by atoms with Gasteiger partial charge in [-0.05, 0) is 36.4 Å². The van der Waals surface area contributed by atoms with E-state index >= 15 is 0 Å². The van der Waals surface area contributed by atoms with E-state index in [1.807, 2.05) is 0 Å². The van der Waals surface area contributed by atoms with Crippen LogP contribution in [-0.2, 0) is 10.0 Å². The second-order valence-electron chi connectivity index (χ2n) is 5.46. The lowest BCUT2D eigenvalue weighted by Crippen LogP contribution is -2.13. The van der Waals surface area contributed by atoms with Crippen molar-refractivity contribution in [2.75, 3.05) is 16.8 Å². The van der Waals surface area contributed by atoms with Crippen LogP contribution in [0.2, 0.25) is 0 Å². The lowest BCUT2D eigenvalue weighted by molar-refractivity contribution is 0.0991. The van der Waals surface area contributed by atoms with Crippen LogP contribution in [0.3, 0.4) is 0 Å². The molecule has 0 saturated carbocycles. The molecule has 9 nitrogen and oxygen atoms in total. The molecule has 2 aromatic heterocycles. The maximum absolute atomic E-state index is 12.5. The number of furan rings is 1. The van der Waals surface area contributed by atoms with E-state index < -0.39 is 21.0 Å². The van der Waals surface area contributed by atoms with Gasteiger partial charge in [-0.15, -0.1) is 0 Å². The summed E-state index contributed by atoms with van der Waals surface area (Å²) >= 11 is 0. The number of benzene rings is 1. The van der Waals surface area contributed by atoms with Crippen LogP contribution in [0.1, 0.15) is 10.6 Å². The highest BCUT2D eigenvalue weighted by molar-refractivity contribution is 7.92. The second-order valence-corrected chi connectivity index (χ2v) is 7.07. The number of anilines is 2. The van der Waals surface area contributed by atoms with Crippen LogP contribution in [-0.4, -0.2) is 26.1 Å².